The molecule has 0 aliphatic heterocycles. The molecule has 0 aliphatic rings. The Morgan fingerprint density at radius 1 is 1.30 bits per heavy atom. The molecule has 2 amide bonds. The summed E-state index contributed by atoms with van der Waals surface area (Å²) in [5.74, 6) is -2.60. The third-order valence-corrected chi connectivity index (χ3v) is 3.02. The number of aliphatic carboxylic acids is 1. The van der Waals surface area contributed by atoms with Crippen LogP contribution in [0.25, 0.3) is 0 Å². The summed E-state index contributed by atoms with van der Waals surface area (Å²) in [6, 6.07) is 3.03. The maximum atomic E-state index is 11.9. The Bertz CT molecular complexity index is 548. The highest BCUT2D eigenvalue weighted by Gasteiger charge is 2.22. The largest absolute Gasteiger partial charge is 0.480 e. The van der Waals surface area contributed by atoms with Crippen LogP contribution in [0.15, 0.2) is 18.2 Å². The number of rotatable bonds is 6. The van der Waals surface area contributed by atoms with Gasteiger partial charge in [-0.25, -0.2) is 4.79 Å². The van der Waals surface area contributed by atoms with Crippen LogP contribution in [0.4, 0.5) is 0 Å². The van der Waals surface area contributed by atoms with Gasteiger partial charge in [-0.15, -0.1) is 0 Å². The van der Waals surface area contributed by atoms with E-state index in [4.69, 9.17) is 34.0 Å². The van der Waals surface area contributed by atoms with Gasteiger partial charge in [-0.2, -0.15) is 0 Å². The molecule has 8 heteroatoms. The number of carbonyl (C=O) groups is 3. The number of amides is 2. The molecule has 0 aromatic heterocycles. The van der Waals surface area contributed by atoms with Crippen molar-refractivity contribution in [1.82, 2.24) is 5.32 Å². The van der Waals surface area contributed by atoms with Gasteiger partial charge in [-0.3, -0.25) is 9.59 Å². The molecule has 1 atom stereocenters. The van der Waals surface area contributed by atoms with E-state index in [-0.39, 0.29) is 23.4 Å². The SMILES string of the molecule is NC(=O)CC[C@@H](NC(=O)c1cc(Cl)ccc1Cl)C(=O)O. The quantitative estimate of drug-likeness (QED) is 0.737. The smallest absolute Gasteiger partial charge is 0.326 e. The second-order valence-electron chi connectivity index (χ2n) is 3.99. The van der Waals surface area contributed by atoms with Crippen LogP contribution in [0, 0.1) is 0 Å². The normalized spacial score (nSPS) is 11.7. The van der Waals surface area contributed by atoms with E-state index in [9.17, 15) is 14.4 Å². The number of hydrogen-bond donors (Lipinski definition) is 3. The molecule has 1 rings (SSSR count). The lowest BCUT2D eigenvalue weighted by molar-refractivity contribution is -0.139. The summed E-state index contributed by atoms with van der Waals surface area (Å²) in [5, 5.41) is 11.7. The molecule has 0 heterocycles. The van der Waals surface area contributed by atoms with Crippen LogP contribution in [0.5, 0.6) is 0 Å². The van der Waals surface area contributed by atoms with E-state index in [1.807, 2.05) is 0 Å². The summed E-state index contributed by atoms with van der Waals surface area (Å²) >= 11 is 11.6. The van der Waals surface area contributed by atoms with Gasteiger partial charge in [0.15, 0.2) is 0 Å². The van der Waals surface area contributed by atoms with Gasteiger partial charge in [0.1, 0.15) is 6.04 Å². The highest BCUT2D eigenvalue weighted by Crippen LogP contribution is 2.20. The second-order valence-corrected chi connectivity index (χ2v) is 4.84. The summed E-state index contributed by atoms with van der Waals surface area (Å²) in [6.07, 6.45) is -0.255. The number of halogens is 2. The number of nitrogens with one attached hydrogen (secondary N) is 1. The maximum absolute atomic E-state index is 11.9. The Kier molecular flexibility index (Phi) is 5.79. The lowest BCUT2D eigenvalue weighted by Gasteiger charge is -2.14. The minimum Gasteiger partial charge on any atom is -0.480 e. The van der Waals surface area contributed by atoms with E-state index < -0.39 is 23.8 Å². The van der Waals surface area contributed by atoms with Gasteiger partial charge in [0, 0.05) is 11.4 Å². The van der Waals surface area contributed by atoms with Crippen LogP contribution >= 0.6 is 23.2 Å². The highest BCUT2D eigenvalue weighted by molar-refractivity contribution is 6.35. The molecule has 6 nitrogen and oxygen atoms in total. The van der Waals surface area contributed by atoms with Crippen molar-refractivity contribution in [1.29, 1.82) is 0 Å². The minimum atomic E-state index is -1.27. The van der Waals surface area contributed by atoms with E-state index in [1.165, 1.54) is 18.2 Å². The van der Waals surface area contributed by atoms with Crippen LogP contribution in [-0.4, -0.2) is 28.9 Å². The average Bonchev–Trinajstić information content (AvgIpc) is 2.36. The van der Waals surface area contributed by atoms with Gasteiger partial charge >= 0.3 is 5.97 Å². The van der Waals surface area contributed by atoms with Crippen LogP contribution < -0.4 is 11.1 Å². The van der Waals surface area contributed by atoms with E-state index in [2.05, 4.69) is 5.32 Å². The van der Waals surface area contributed by atoms with Crippen LogP contribution in [0.2, 0.25) is 10.0 Å². The molecule has 20 heavy (non-hydrogen) atoms. The third-order valence-electron chi connectivity index (χ3n) is 2.46. The standard InChI is InChI=1S/C12H12Cl2N2O4/c13-6-1-2-8(14)7(5-6)11(18)16-9(12(19)20)3-4-10(15)17/h1-2,5,9H,3-4H2,(H2,15,17)(H,16,18)(H,19,20)/t9-/m1/s1. The van der Waals surface area contributed by atoms with Gasteiger partial charge in [0.25, 0.3) is 5.91 Å². The number of carbonyl (C=O) groups excluding carboxylic acids is 2. The van der Waals surface area contributed by atoms with Crippen LogP contribution in [-0.2, 0) is 9.59 Å². The third kappa shape index (κ3) is 4.71. The van der Waals surface area contributed by atoms with Crippen molar-refractivity contribution in [3.05, 3.63) is 33.8 Å². The topological polar surface area (TPSA) is 109 Å². The Labute approximate surface area is 124 Å². The number of carboxylic acids is 1. The predicted molar refractivity (Wildman–Crippen MR) is 73.8 cm³/mol. The molecule has 0 aliphatic carbocycles. The van der Waals surface area contributed by atoms with Crippen LogP contribution in [0.1, 0.15) is 23.2 Å². The summed E-state index contributed by atoms with van der Waals surface area (Å²) in [6.45, 7) is 0. The molecule has 0 unspecified atom stereocenters. The fourth-order valence-electron chi connectivity index (χ4n) is 1.45. The van der Waals surface area contributed by atoms with Crippen molar-refractivity contribution in [2.75, 3.05) is 0 Å². The Balaban J connectivity index is 2.82. The summed E-state index contributed by atoms with van der Waals surface area (Å²) in [7, 11) is 0. The first kappa shape index (κ1) is 16.3. The molecule has 108 valence electrons. The monoisotopic (exact) mass is 318 g/mol. The molecule has 4 N–H and O–H groups in total. The lowest BCUT2D eigenvalue weighted by Crippen LogP contribution is -2.41. The fourth-order valence-corrected chi connectivity index (χ4v) is 1.83. The van der Waals surface area contributed by atoms with Gasteiger partial charge in [-0.05, 0) is 24.6 Å². The first-order chi connectivity index (χ1) is 9.31. The van der Waals surface area contributed by atoms with E-state index in [0.29, 0.717) is 5.02 Å². The molecule has 0 spiro atoms. The van der Waals surface area contributed by atoms with Gasteiger partial charge < -0.3 is 16.2 Å². The molecular weight excluding hydrogens is 307 g/mol. The van der Waals surface area contributed by atoms with Crippen molar-refractivity contribution >= 4 is 41.0 Å². The molecule has 0 saturated heterocycles. The number of carboxylic acid groups (broad SMARTS) is 1. The summed E-state index contributed by atoms with van der Waals surface area (Å²) < 4.78 is 0. The number of nitrogens with two attached hydrogens (primary N) is 1. The second kappa shape index (κ2) is 7.12. The van der Waals surface area contributed by atoms with E-state index in [0.717, 1.165) is 0 Å². The zero-order valence-electron chi connectivity index (χ0n) is 10.2. The lowest BCUT2D eigenvalue weighted by atomic mass is 10.1. The van der Waals surface area contributed by atoms with Gasteiger partial charge in [0.05, 0.1) is 10.6 Å². The molecule has 1 aromatic carbocycles. The summed E-state index contributed by atoms with van der Waals surface area (Å²) in [5.41, 5.74) is 5.00. The first-order valence-electron chi connectivity index (χ1n) is 5.58. The summed E-state index contributed by atoms with van der Waals surface area (Å²) in [4.78, 5) is 33.6. The molecule has 0 radical (unpaired) electrons. The van der Waals surface area contributed by atoms with Crippen molar-refractivity contribution in [2.24, 2.45) is 5.73 Å². The molecule has 1 aromatic rings. The van der Waals surface area contributed by atoms with Crippen molar-refractivity contribution in [3.63, 3.8) is 0 Å². The zero-order chi connectivity index (χ0) is 15.3. The average molecular weight is 319 g/mol. The maximum Gasteiger partial charge on any atom is 0.326 e. The minimum absolute atomic E-state index is 0.0597. The Hall–Kier alpha value is -1.79. The van der Waals surface area contributed by atoms with Crippen molar-refractivity contribution < 1.29 is 19.5 Å². The number of benzene rings is 1. The molecule has 0 bridgehead atoms. The first-order valence-corrected chi connectivity index (χ1v) is 6.34. The predicted octanol–water partition coefficient (Wildman–Crippen LogP) is 1.44. The van der Waals surface area contributed by atoms with Crippen molar-refractivity contribution in [2.45, 2.75) is 18.9 Å². The number of primary amides is 1. The van der Waals surface area contributed by atoms with Gasteiger partial charge in [0.2, 0.25) is 5.91 Å². The molecule has 0 fully saturated rings. The zero-order valence-corrected chi connectivity index (χ0v) is 11.7. The number of hydrogen-bond acceptors (Lipinski definition) is 3. The molecule has 0 saturated carbocycles. The van der Waals surface area contributed by atoms with Crippen LogP contribution in [0.3, 0.4) is 0 Å². The van der Waals surface area contributed by atoms with Crippen molar-refractivity contribution in [3.8, 4) is 0 Å². The van der Waals surface area contributed by atoms with E-state index in [1.54, 1.807) is 0 Å². The molecular formula is C12H12Cl2N2O4. The Morgan fingerprint density at radius 3 is 2.50 bits per heavy atom. The van der Waals surface area contributed by atoms with E-state index >= 15 is 0 Å². The van der Waals surface area contributed by atoms with Gasteiger partial charge in [-0.1, -0.05) is 23.2 Å². The highest BCUT2D eigenvalue weighted by atomic mass is 35.5. The fraction of sp³-hybridized carbons (Fsp3) is 0.250. The Morgan fingerprint density at radius 2 is 1.95 bits per heavy atom.